The number of hydrogen-bond acceptors (Lipinski definition) is 2. The third-order valence-electron chi connectivity index (χ3n) is 4.47. The molecule has 0 bridgehead atoms. The van der Waals surface area contributed by atoms with Gasteiger partial charge in [0, 0.05) is 6.42 Å². The maximum absolute atomic E-state index is 11.7. The highest BCUT2D eigenvalue weighted by molar-refractivity contribution is 5.92. The van der Waals surface area contributed by atoms with E-state index in [1.807, 2.05) is 19.1 Å². The number of ketones is 1. The van der Waals surface area contributed by atoms with Gasteiger partial charge in [-0.1, -0.05) is 32.4 Å². The molecule has 2 atom stereocenters. The summed E-state index contributed by atoms with van der Waals surface area (Å²) in [5.74, 6) is 1.22. The fraction of sp³-hybridized carbons (Fsp3) is 0.588. The minimum atomic E-state index is -0.277. The average molecular weight is 260 g/mol. The van der Waals surface area contributed by atoms with Crippen LogP contribution in [0.2, 0.25) is 0 Å². The zero-order chi connectivity index (χ0) is 13.9. The topological polar surface area (TPSA) is 26.3 Å². The highest BCUT2D eigenvalue weighted by Gasteiger charge is 2.51. The van der Waals surface area contributed by atoms with Gasteiger partial charge < -0.3 is 4.74 Å². The fourth-order valence-corrected chi connectivity index (χ4v) is 2.55. The van der Waals surface area contributed by atoms with Crippen LogP contribution in [0.15, 0.2) is 24.3 Å². The lowest BCUT2D eigenvalue weighted by atomic mass is 9.64. The molecule has 0 amide bonds. The van der Waals surface area contributed by atoms with Crippen LogP contribution in [0.4, 0.5) is 0 Å². The molecule has 0 radical (unpaired) electrons. The molecule has 0 aliphatic heterocycles. The summed E-state index contributed by atoms with van der Waals surface area (Å²) in [5.41, 5.74) is 1.08. The third-order valence-corrected chi connectivity index (χ3v) is 4.47. The lowest BCUT2D eigenvalue weighted by Gasteiger charge is -2.44. The van der Waals surface area contributed by atoms with Crippen LogP contribution in [0, 0.1) is 5.41 Å². The smallest absolute Gasteiger partial charge is 0.146 e. The van der Waals surface area contributed by atoms with Gasteiger partial charge in [0.2, 0.25) is 0 Å². The molecule has 2 unspecified atom stereocenters. The SMILES string of the molecule is CCCCc1ccc(OC2CC(=O)C2(C)CC)cc1. The van der Waals surface area contributed by atoms with Crippen molar-refractivity contribution in [3.63, 3.8) is 0 Å². The predicted octanol–water partition coefficient (Wildman–Crippen LogP) is 4.17. The number of aryl methyl sites for hydroxylation is 1. The molecular weight excluding hydrogens is 236 g/mol. The highest BCUT2D eigenvalue weighted by Crippen LogP contribution is 2.42. The Balaban J connectivity index is 1.95. The normalized spacial score (nSPS) is 26.1. The standard InChI is InChI=1S/C17H24O2/c1-4-6-7-13-8-10-14(11-9-13)19-16-12-15(18)17(16,3)5-2/h8-11,16H,4-7,12H2,1-3H3. The van der Waals surface area contributed by atoms with Gasteiger partial charge in [0.05, 0.1) is 5.41 Å². The van der Waals surface area contributed by atoms with E-state index in [1.165, 1.54) is 18.4 Å². The van der Waals surface area contributed by atoms with Crippen molar-refractivity contribution in [3.05, 3.63) is 29.8 Å². The molecule has 2 rings (SSSR count). The van der Waals surface area contributed by atoms with E-state index in [9.17, 15) is 4.79 Å². The molecule has 1 aliphatic rings. The molecule has 1 aromatic rings. The second kappa shape index (κ2) is 5.77. The van der Waals surface area contributed by atoms with E-state index >= 15 is 0 Å². The van der Waals surface area contributed by atoms with E-state index in [-0.39, 0.29) is 11.5 Å². The molecule has 0 spiro atoms. The van der Waals surface area contributed by atoms with Crippen LogP contribution in [-0.2, 0) is 11.2 Å². The lowest BCUT2D eigenvalue weighted by molar-refractivity contribution is -0.150. The maximum atomic E-state index is 11.7. The van der Waals surface area contributed by atoms with Gasteiger partial charge in [-0.2, -0.15) is 0 Å². The van der Waals surface area contributed by atoms with E-state index in [4.69, 9.17) is 4.74 Å². The summed E-state index contributed by atoms with van der Waals surface area (Å²) in [6.07, 6.45) is 5.03. The van der Waals surface area contributed by atoms with E-state index in [0.717, 1.165) is 18.6 Å². The van der Waals surface area contributed by atoms with Crippen molar-refractivity contribution in [3.8, 4) is 5.75 Å². The van der Waals surface area contributed by atoms with Crippen LogP contribution in [0.5, 0.6) is 5.75 Å². The quantitative estimate of drug-likeness (QED) is 0.767. The molecule has 104 valence electrons. The van der Waals surface area contributed by atoms with E-state index < -0.39 is 0 Å². The van der Waals surface area contributed by atoms with Crippen molar-refractivity contribution in [2.45, 2.75) is 59.0 Å². The molecule has 1 fully saturated rings. The molecular formula is C17H24O2. The number of carbonyl (C=O) groups excluding carboxylic acids is 1. The molecule has 0 saturated heterocycles. The Hall–Kier alpha value is -1.31. The van der Waals surface area contributed by atoms with Crippen molar-refractivity contribution in [1.29, 1.82) is 0 Å². The number of ether oxygens (including phenoxy) is 1. The Morgan fingerprint density at radius 1 is 1.26 bits per heavy atom. The summed E-state index contributed by atoms with van der Waals surface area (Å²) in [7, 11) is 0. The zero-order valence-corrected chi connectivity index (χ0v) is 12.2. The fourth-order valence-electron chi connectivity index (χ4n) is 2.55. The van der Waals surface area contributed by atoms with E-state index in [1.54, 1.807) is 0 Å². The van der Waals surface area contributed by atoms with Crippen molar-refractivity contribution in [2.24, 2.45) is 5.41 Å². The Labute approximate surface area is 116 Å². The van der Waals surface area contributed by atoms with Gasteiger partial charge >= 0.3 is 0 Å². The van der Waals surface area contributed by atoms with Gasteiger partial charge in [0.25, 0.3) is 0 Å². The van der Waals surface area contributed by atoms with Crippen molar-refractivity contribution in [2.75, 3.05) is 0 Å². The minimum Gasteiger partial charge on any atom is -0.489 e. The largest absolute Gasteiger partial charge is 0.489 e. The third kappa shape index (κ3) is 2.83. The number of unbranched alkanes of at least 4 members (excludes halogenated alkanes) is 1. The summed E-state index contributed by atoms with van der Waals surface area (Å²) in [5, 5.41) is 0. The maximum Gasteiger partial charge on any atom is 0.146 e. The van der Waals surface area contributed by atoms with Crippen LogP contribution in [-0.4, -0.2) is 11.9 Å². The zero-order valence-electron chi connectivity index (χ0n) is 12.2. The van der Waals surface area contributed by atoms with Gasteiger partial charge in [-0.25, -0.2) is 0 Å². The molecule has 1 saturated carbocycles. The Morgan fingerprint density at radius 2 is 1.95 bits per heavy atom. The summed E-state index contributed by atoms with van der Waals surface area (Å²) in [4.78, 5) is 11.7. The van der Waals surface area contributed by atoms with Gasteiger partial charge in [-0.3, -0.25) is 4.79 Å². The van der Waals surface area contributed by atoms with Gasteiger partial charge in [0.1, 0.15) is 17.6 Å². The molecule has 0 N–H and O–H groups in total. The molecule has 2 nitrogen and oxygen atoms in total. The Kier molecular flexibility index (Phi) is 4.28. The first kappa shape index (κ1) is 14.1. The highest BCUT2D eigenvalue weighted by atomic mass is 16.5. The van der Waals surface area contributed by atoms with Crippen LogP contribution < -0.4 is 4.74 Å². The van der Waals surface area contributed by atoms with Crippen molar-refractivity contribution in [1.82, 2.24) is 0 Å². The van der Waals surface area contributed by atoms with Crippen LogP contribution in [0.25, 0.3) is 0 Å². The summed E-state index contributed by atoms with van der Waals surface area (Å²) < 4.78 is 5.97. The van der Waals surface area contributed by atoms with Crippen LogP contribution >= 0.6 is 0 Å². The monoisotopic (exact) mass is 260 g/mol. The second-order valence-electron chi connectivity index (χ2n) is 5.75. The first-order valence-electron chi connectivity index (χ1n) is 7.39. The van der Waals surface area contributed by atoms with Crippen LogP contribution in [0.1, 0.15) is 52.0 Å². The van der Waals surface area contributed by atoms with Gasteiger partial charge in [-0.15, -0.1) is 0 Å². The van der Waals surface area contributed by atoms with Crippen molar-refractivity contribution >= 4 is 5.78 Å². The van der Waals surface area contributed by atoms with E-state index in [0.29, 0.717) is 12.2 Å². The second-order valence-corrected chi connectivity index (χ2v) is 5.75. The molecule has 1 aromatic carbocycles. The van der Waals surface area contributed by atoms with E-state index in [2.05, 4.69) is 26.0 Å². The molecule has 2 heteroatoms. The van der Waals surface area contributed by atoms with Gasteiger partial charge in [0.15, 0.2) is 0 Å². The number of benzene rings is 1. The summed E-state index contributed by atoms with van der Waals surface area (Å²) in [6, 6.07) is 8.33. The van der Waals surface area contributed by atoms with Gasteiger partial charge in [-0.05, 0) is 43.9 Å². The number of rotatable bonds is 6. The number of hydrogen-bond donors (Lipinski definition) is 0. The predicted molar refractivity (Wildman–Crippen MR) is 77.5 cm³/mol. The first-order valence-corrected chi connectivity index (χ1v) is 7.39. The molecule has 0 aromatic heterocycles. The molecule has 1 aliphatic carbocycles. The number of Topliss-reactive ketones (excluding diaryl/α,β-unsaturated/α-hetero) is 1. The minimum absolute atomic E-state index is 0.0477. The summed E-state index contributed by atoms with van der Waals surface area (Å²) in [6.45, 7) is 6.27. The summed E-state index contributed by atoms with van der Waals surface area (Å²) >= 11 is 0. The van der Waals surface area contributed by atoms with Crippen molar-refractivity contribution < 1.29 is 9.53 Å². The molecule has 0 heterocycles. The Bertz CT molecular complexity index is 435. The molecule has 19 heavy (non-hydrogen) atoms. The number of carbonyl (C=O) groups is 1. The Morgan fingerprint density at radius 3 is 2.47 bits per heavy atom. The average Bonchev–Trinajstić information content (AvgIpc) is 2.45. The van der Waals surface area contributed by atoms with Crippen LogP contribution in [0.3, 0.4) is 0 Å². The lowest BCUT2D eigenvalue weighted by Crippen LogP contribution is -2.54. The first-order chi connectivity index (χ1) is 9.10.